The molecule has 0 fully saturated rings. The molecule has 3 rings (SSSR count). The van der Waals surface area contributed by atoms with Gasteiger partial charge in [-0.1, -0.05) is 13.0 Å². The number of thiol groups is 1. The lowest BCUT2D eigenvalue weighted by Gasteiger charge is -2.20. The first kappa shape index (κ1) is 25.7. The Morgan fingerprint density at radius 2 is 1.75 bits per heavy atom. The van der Waals surface area contributed by atoms with Crippen molar-refractivity contribution >= 4 is 12.6 Å². The van der Waals surface area contributed by atoms with Crippen molar-refractivity contribution in [1.82, 2.24) is 10.2 Å². The van der Waals surface area contributed by atoms with Gasteiger partial charge in [0.15, 0.2) is 0 Å². The van der Waals surface area contributed by atoms with E-state index in [1.54, 1.807) is 13.0 Å². The number of H-pyrrole nitrogens is 1. The molecule has 0 saturated heterocycles. The highest BCUT2D eigenvalue weighted by Crippen LogP contribution is 2.32. The number of nitrogens with one attached hydrogen (secondary N) is 1. The van der Waals surface area contributed by atoms with Crippen molar-refractivity contribution in [3.05, 3.63) is 80.4 Å². The Balaban J connectivity index is 0.000000244. The zero-order valence-corrected chi connectivity index (χ0v) is 19.2. The van der Waals surface area contributed by atoms with Crippen LogP contribution in [0.5, 0.6) is 0 Å². The summed E-state index contributed by atoms with van der Waals surface area (Å²) in [5.74, 6) is -2.83. The molecule has 0 radical (unpaired) electrons. The third-order valence-corrected chi connectivity index (χ3v) is 5.49. The Morgan fingerprint density at radius 3 is 2.25 bits per heavy atom. The van der Waals surface area contributed by atoms with Gasteiger partial charge in [0.2, 0.25) is 5.89 Å². The maximum atomic E-state index is 14.0. The fraction of sp³-hybridized carbons (Fsp3) is 0.364. The molecule has 0 saturated carbocycles. The number of hydrogen-bond donors (Lipinski definition) is 4. The van der Waals surface area contributed by atoms with Crippen LogP contribution in [0.1, 0.15) is 60.9 Å². The molecular weight excluding hydrogens is 443 g/mol. The highest BCUT2D eigenvalue weighted by molar-refractivity contribution is 7.80. The molecule has 6 nitrogen and oxygen atoms in total. The Hall–Kier alpha value is -2.56. The second-order valence-electron chi connectivity index (χ2n) is 7.98. The molecule has 0 spiro atoms. The zero-order valence-electron chi connectivity index (χ0n) is 18.3. The number of aliphatic hydroxyl groups is 1. The number of aromatic amines is 1. The van der Waals surface area contributed by atoms with Gasteiger partial charge in [0, 0.05) is 10.8 Å². The number of aromatic nitrogens is 2. The molecule has 0 amide bonds. The smallest absolute Gasteiger partial charge is 0.391 e. The summed E-state index contributed by atoms with van der Waals surface area (Å²) in [6.07, 6.45) is 0. The predicted octanol–water partition coefficient (Wildman–Crippen LogP) is 4.40. The van der Waals surface area contributed by atoms with Crippen LogP contribution in [0.15, 0.2) is 38.4 Å². The summed E-state index contributed by atoms with van der Waals surface area (Å²) in [5, 5.41) is 15.3. The first-order valence-corrected chi connectivity index (χ1v) is 10.2. The third-order valence-electron chi connectivity index (χ3n) is 5.15. The van der Waals surface area contributed by atoms with Crippen molar-refractivity contribution in [1.29, 1.82) is 0 Å². The number of nitrogens with two attached hydrogens (primary N) is 1. The summed E-state index contributed by atoms with van der Waals surface area (Å²) in [5.41, 5.74) is 6.47. The number of nitrogens with zero attached hydrogens (tertiary/aromatic N) is 1. The molecule has 4 N–H and O–H groups in total. The monoisotopic (exact) mass is 469 g/mol. The van der Waals surface area contributed by atoms with Crippen LogP contribution in [0.25, 0.3) is 0 Å². The summed E-state index contributed by atoms with van der Waals surface area (Å²) in [7, 11) is 0. The molecule has 10 heteroatoms. The van der Waals surface area contributed by atoms with Gasteiger partial charge in [-0.05, 0) is 62.6 Å². The number of hydrogen-bond acceptors (Lipinski definition) is 6. The van der Waals surface area contributed by atoms with E-state index in [0.717, 1.165) is 17.2 Å². The lowest BCUT2D eigenvalue weighted by molar-refractivity contribution is 0.0696. The first-order valence-electron chi connectivity index (χ1n) is 9.72. The summed E-state index contributed by atoms with van der Waals surface area (Å²) >= 11 is 3.79. The van der Waals surface area contributed by atoms with Crippen molar-refractivity contribution in [3.63, 3.8) is 0 Å². The Labute approximate surface area is 189 Å². The number of benzene rings is 2. The molecule has 3 aromatic rings. The highest BCUT2D eigenvalue weighted by atomic mass is 32.1. The van der Waals surface area contributed by atoms with Gasteiger partial charge in [0.25, 0.3) is 0 Å². The van der Waals surface area contributed by atoms with Crippen LogP contribution in [0.4, 0.5) is 13.2 Å². The van der Waals surface area contributed by atoms with Gasteiger partial charge >= 0.3 is 5.76 Å². The van der Waals surface area contributed by atoms with E-state index in [1.807, 2.05) is 13.8 Å². The lowest BCUT2D eigenvalue weighted by atomic mass is 9.88. The zero-order chi connectivity index (χ0) is 24.4. The number of rotatable bonds is 4. The van der Waals surface area contributed by atoms with Crippen LogP contribution in [0.3, 0.4) is 0 Å². The van der Waals surface area contributed by atoms with E-state index in [9.17, 15) is 23.1 Å². The minimum atomic E-state index is -1.53. The minimum absolute atomic E-state index is 0.0264. The average molecular weight is 470 g/mol. The predicted molar refractivity (Wildman–Crippen MR) is 117 cm³/mol. The fourth-order valence-corrected chi connectivity index (χ4v) is 3.43. The van der Waals surface area contributed by atoms with Crippen molar-refractivity contribution in [2.24, 2.45) is 5.73 Å². The minimum Gasteiger partial charge on any atom is -0.391 e. The maximum Gasteiger partial charge on any atom is 0.434 e. The summed E-state index contributed by atoms with van der Waals surface area (Å²) in [6, 6.07) is 4.75. The molecule has 1 aromatic heterocycles. The Bertz CT molecular complexity index is 1160. The van der Waals surface area contributed by atoms with Gasteiger partial charge in [-0.25, -0.2) is 23.1 Å². The standard InChI is InChI=1S/C13H16FN3O2.C9H10F2OS/c1-6-4-5-9(14)10(7(6)2)8(3)11(15)12-16-17-13(18)19-12;1-9(2,12)7-5(10)3-4-6(13)8(7)11/h4-5,8,11H,15H2,1-3H3,(H,17,18);3-4,12-13H,1-2H3. The van der Waals surface area contributed by atoms with E-state index in [1.165, 1.54) is 26.0 Å². The molecule has 2 aromatic carbocycles. The van der Waals surface area contributed by atoms with Crippen molar-refractivity contribution in [2.45, 2.75) is 57.1 Å². The van der Waals surface area contributed by atoms with Gasteiger partial charge in [-0.15, -0.1) is 17.7 Å². The Morgan fingerprint density at radius 1 is 1.16 bits per heavy atom. The molecule has 32 heavy (non-hydrogen) atoms. The van der Waals surface area contributed by atoms with E-state index in [2.05, 4.69) is 22.8 Å². The first-order chi connectivity index (χ1) is 14.8. The van der Waals surface area contributed by atoms with Crippen molar-refractivity contribution < 1.29 is 22.7 Å². The van der Waals surface area contributed by atoms with Gasteiger partial charge < -0.3 is 15.3 Å². The van der Waals surface area contributed by atoms with E-state index in [4.69, 9.17) is 10.2 Å². The quantitative estimate of drug-likeness (QED) is 0.424. The van der Waals surface area contributed by atoms with E-state index in [-0.39, 0.29) is 28.1 Å². The van der Waals surface area contributed by atoms with Crippen LogP contribution >= 0.6 is 12.6 Å². The average Bonchev–Trinajstić information content (AvgIpc) is 3.13. The lowest BCUT2D eigenvalue weighted by Crippen LogP contribution is -2.20. The number of halogens is 3. The molecule has 2 unspecified atom stereocenters. The molecule has 2 atom stereocenters. The molecule has 0 bridgehead atoms. The van der Waals surface area contributed by atoms with Crippen LogP contribution in [-0.4, -0.2) is 15.3 Å². The van der Waals surface area contributed by atoms with E-state index < -0.39 is 29.0 Å². The normalized spacial score (nSPS) is 13.3. The summed E-state index contributed by atoms with van der Waals surface area (Å²) in [4.78, 5) is 11.0. The van der Waals surface area contributed by atoms with Crippen molar-refractivity contribution in [3.8, 4) is 0 Å². The SMILES string of the molecule is CC(C)(O)c1c(F)ccc(S)c1F.Cc1ccc(F)c(C(C)C(N)c2n[nH]c(=O)o2)c1C. The van der Waals surface area contributed by atoms with Crippen LogP contribution in [0, 0.1) is 31.3 Å². The molecule has 174 valence electrons. The second-order valence-corrected chi connectivity index (χ2v) is 8.47. The van der Waals surface area contributed by atoms with E-state index in [0.29, 0.717) is 5.56 Å². The molecule has 1 heterocycles. The van der Waals surface area contributed by atoms with Gasteiger partial charge in [0.05, 0.1) is 17.2 Å². The number of aryl methyl sites for hydroxylation is 1. The van der Waals surface area contributed by atoms with E-state index >= 15 is 0 Å². The topological polar surface area (TPSA) is 105 Å². The molecular formula is C22H26F3N3O3S. The van der Waals surface area contributed by atoms with Gasteiger partial charge in [-0.3, -0.25) is 0 Å². The molecule has 0 aliphatic carbocycles. The largest absolute Gasteiger partial charge is 0.434 e. The third kappa shape index (κ3) is 5.62. The van der Waals surface area contributed by atoms with Crippen LogP contribution in [0.2, 0.25) is 0 Å². The summed E-state index contributed by atoms with van der Waals surface area (Å²) < 4.78 is 45.2. The summed E-state index contributed by atoms with van der Waals surface area (Å²) in [6.45, 7) is 8.18. The second kappa shape index (κ2) is 9.93. The van der Waals surface area contributed by atoms with Crippen molar-refractivity contribution in [2.75, 3.05) is 0 Å². The highest BCUT2D eigenvalue weighted by Gasteiger charge is 2.27. The Kier molecular flexibility index (Phi) is 7.97. The maximum absolute atomic E-state index is 14.0. The van der Waals surface area contributed by atoms with Crippen LogP contribution < -0.4 is 11.5 Å². The molecule has 0 aliphatic heterocycles. The van der Waals surface area contributed by atoms with Crippen LogP contribution in [-0.2, 0) is 5.60 Å². The molecule has 0 aliphatic rings. The van der Waals surface area contributed by atoms with Gasteiger partial charge in [-0.2, -0.15) is 0 Å². The fourth-order valence-electron chi connectivity index (χ4n) is 3.24. The van der Waals surface area contributed by atoms with Gasteiger partial charge in [0.1, 0.15) is 17.5 Å².